The van der Waals surface area contributed by atoms with Gasteiger partial charge in [-0.3, -0.25) is 4.99 Å². The van der Waals surface area contributed by atoms with E-state index < -0.39 is 0 Å². The maximum Gasteiger partial charge on any atom is 0.245 e. The Morgan fingerprint density at radius 2 is 1.78 bits per heavy atom. The number of nitrogens with zero attached hydrogens (tertiary/aromatic N) is 3. The number of benzene rings is 1. The van der Waals surface area contributed by atoms with Crippen LogP contribution in [0, 0.1) is 0 Å². The van der Waals surface area contributed by atoms with Crippen LogP contribution in [-0.2, 0) is 5.41 Å². The molecule has 0 bridgehead atoms. The summed E-state index contributed by atoms with van der Waals surface area (Å²) in [5.74, 6) is 0. The molecule has 1 aliphatic heterocycles. The van der Waals surface area contributed by atoms with Gasteiger partial charge in [-0.25, -0.2) is 9.97 Å². The summed E-state index contributed by atoms with van der Waals surface area (Å²) < 4.78 is 5.29. The Labute approximate surface area is 135 Å². The van der Waals surface area contributed by atoms with Crippen LogP contribution in [0.25, 0.3) is 11.2 Å². The number of hydrogen-bond donors (Lipinski definition) is 0. The second kappa shape index (κ2) is 4.51. The summed E-state index contributed by atoms with van der Waals surface area (Å²) in [6.07, 6.45) is 3.36. The van der Waals surface area contributed by atoms with E-state index in [1.54, 1.807) is 12.5 Å². The molecule has 116 valence electrons. The van der Waals surface area contributed by atoms with Crippen molar-refractivity contribution < 1.29 is 4.42 Å². The Hall–Kier alpha value is -2.49. The summed E-state index contributed by atoms with van der Waals surface area (Å²) in [5.41, 5.74) is 5.14. The van der Waals surface area contributed by atoms with E-state index in [0.29, 0.717) is 5.71 Å². The van der Waals surface area contributed by atoms with Gasteiger partial charge in [0.15, 0.2) is 0 Å². The molecule has 0 aliphatic carbocycles. The van der Waals surface area contributed by atoms with Crippen molar-refractivity contribution in [3.05, 3.63) is 59.6 Å². The molecule has 23 heavy (non-hydrogen) atoms. The molecule has 0 saturated heterocycles. The van der Waals surface area contributed by atoms with E-state index in [9.17, 15) is 0 Å². The van der Waals surface area contributed by atoms with Crippen molar-refractivity contribution in [1.82, 2.24) is 9.97 Å². The SMILES string of the molecule is CC1(C)N=C(c2cnc3occc3n2)c2ccccc2C1(C)C. The molecule has 0 spiro atoms. The zero-order valence-corrected chi connectivity index (χ0v) is 13.8. The Balaban J connectivity index is 1.98. The van der Waals surface area contributed by atoms with Gasteiger partial charge in [-0.15, -0.1) is 0 Å². The summed E-state index contributed by atoms with van der Waals surface area (Å²) in [7, 11) is 0. The maximum atomic E-state index is 5.29. The van der Waals surface area contributed by atoms with E-state index in [1.165, 1.54) is 5.56 Å². The quantitative estimate of drug-likeness (QED) is 0.679. The zero-order valence-electron chi connectivity index (χ0n) is 13.8. The number of hydrogen-bond acceptors (Lipinski definition) is 4. The number of furan rings is 1. The third kappa shape index (κ3) is 1.94. The van der Waals surface area contributed by atoms with E-state index >= 15 is 0 Å². The van der Waals surface area contributed by atoms with Crippen molar-refractivity contribution in [3.63, 3.8) is 0 Å². The molecule has 0 atom stereocenters. The molecule has 3 aromatic rings. The van der Waals surface area contributed by atoms with Crippen LogP contribution in [0.4, 0.5) is 0 Å². The standard InChI is InChI=1S/C19H19N3O/c1-18(2)13-8-6-5-7-12(13)16(22-19(18,3)4)15-11-20-17-14(21-15)9-10-23-17/h5-11H,1-4H3. The highest BCUT2D eigenvalue weighted by molar-refractivity contribution is 6.14. The maximum absolute atomic E-state index is 5.29. The first kappa shape index (κ1) is 14.1. The van der Waals surface area contributed by atoms with Gasteiger partial charge in [0.2, 0.25) is 5.71 Å². The van der Waals surface area contributed by atoms with Crippen LogP contribution in [-0.4, -0.2) is 21.2 Å². The third-order valence-corrected chi connectivity index (χ3v) is 5.19. The molecule has 3 heterocycles. The van der Waals surface area contributed by atoms with Gasteiger partial charge in [-0.1, -0.05) is 38.1 Å². The fraction of sp³-hybridized carbons (Fsp3) is 0.316. The number of fused-ring (bicyclic) bond motifs is 2. The summed E-state index contributed by atoms with van der Waals surface area (Å²) in [4.78, 5) is 14.1. The molecular weight excluding hydrogens is 286 g/mol. The van der Waals surface area contributed by atoms with Gasteiger partial charge in [-0.2, -0.15) is 0 Å². The van der Waals surface area contributed by atoms with E-state index in [0.717, 1.165) is 22.5 Å². The first-order chi connectivity index (χ1) is 10.9. The van der Waals surface area contributed by atoms with Crippen LogP contribution >= 0.6 is 0 Å². The monoisotopic (exact) mass is 305 g/mol. The fourth-order valence-electron chi connectivity index (χ4n) is 3.11. The average Bonchev–Trinajstić information content (AvgIpc) is 2.99. The molecule has 0 amide bonds. The van der Waals surface area contributed by atoms with Crippen LogP contribution in [0.3, 0.4) is 0 Å². The lowest BCUT2D eigenvalue weighted by Gasteiger charge is -2.44. The Bertz CT molecular complexity index is 934. The largest absolute Gasteiger partial charge is 0.445 e. The van der Waals surface area contributed by atoms with Crippen LogP contribution < -0.4 is 0 Å². The lowest BCUT2D eigenvalue weighted by molar-refractivity contribution is 0.303. The van der Waals surface area contributed by atoms with Crippen molar-refractivity contribution in [3.8, 4) is 0 Å². The highest BCUT2D eigenvalue weighted by Crippen LogP contribution is 2.43. The van der Waals surface area contributed by atoms with E-state index in [4.69, 9.17) is 9.41 Å². The molecule has 2 aromatic heterocycles. The molecule has 1 aromatic carbocycles. The Morgan fingerprint density at radius 3 is 2.61 bits per heavy atom. The van der Waals surface area contributed by atoms with Gasteiger partial charge in [0.25, 0.3) is 0 Å². The Kier molecular flexibility index (Phi) is 2.77. The smallest absolute Gasteiger partial charge is 0.245 e. The lowest BCUT2D eigenvalue weighted by atomic mass is 9.66. The predicted octanol–water partition coefficient (Wildman–Crippen LogP) is 4.13. The van der Waals surface area contributed by atoms with Crippen LogP contribution in [0.5, 0.6) is 0 Å². The number of aliphatic imine (C=N–C) groups is 1. The summed E-state index contributed by atoms with van der Waals surface area (Å²) in [5, 5.41) is 0. The number of rotatable bonds is 1. The molecule has 0 N–H and O–H groups in total. The van der Waals surface area contributed by atoms with Gasteiger partial charge in [0.1, 0.15) is 11.2 Å². The fourth-order valence-corrected chi connectivity index (χ4v) is 3.11. The molecule has 1 aliphatic rings. The minimum Gasteiger partial charge on any atom is -0.445 e. The Morgan fingerprint density at radius 1 is 1.00 bits per heavy atom. The normalized spacial score (nSPS) is 18.5. The van der Waals surface area contributed by atoms with Crippen molar-refractivity contribution in [1.29, 1.82) is 0 Å². The van der Waals surface area contributed by atoms with E-state index in [1.807, 2.05) is 12.1 Å². The highest BCUT2D eigenvalue weighted by Gasteiger charge is 2.43. The average molecular weight is 305 g/mol. The second-order valence-electron chi connectivity index (χ2n) is 7.06. The van der Waals surface area contributed by atoms with Crippen molar-refractivity contribution >= 4 is 16.9 Å². The minimum atomic E-state index is -0.232. The van der Waals surface area contributed by atoms with Gasteiger partial charge >= 0.3 is 0 Å². The van der Waals surface area contributed by atoms with Crippen LogP contribution in [0.1, 0.15) is 44.5 Å². The first-order valence-corrected chi connectivity index (χ1v) is 7.80. The predicted molar refractivity (Wildman–Crippen MR) is 91.0 cm³/mol. The van der Waals surface area contributed by atoms with Crippen molar-refractivity contribution in [2.24, 2.45) is 4.99 Å². The second-order valence-corrected chi connectivity index (χ2v) is 7.06. The van der Waals surface area contributed by atoms with Gasteiger partial charge in [-0.05, 0) is 19.4 Å². The number of aromatic nitrogens is 2. The highest BCUT2D eigenvalue weighted by atomic mass is 16.3. The lowest BCUT2D eigenvalue weighted by Crippen LogP contribution is -2.46. The molecule has 0 fully saturated rings. The molecule has 0 saturated carbocycles. The molecule has 0 radical (unpaired) electrons. The summed E-state index contributed by atoms with van der Waals surface area (Å²) in [6, 6.07) is 10.3. The summed E-state index contributed by atoms with van der Waals surface area (Å²) in [6.45, 7) is 8.84. The van der Waals surface area contributed by atoms with E-state index in [-0.39, 0.29) is 11.0 Å². The van der Waals surface area contributed by atoms with Gasteiger partial charge in [0, 0.05) is 17.0 Å². The third-order valence-electron chi connectivity index (χ3n) is 5.19. The molecule has 0 unspecified atom stereocenters. The molecule has 4 nitrogen and oxygen atoms in total. The summed E-state index contributed by atoms with van der Waals surface area (Å²) >= 11 is 0. The van der Waals surface area contributed by atoms with Gasteiger partial charge in [0.05, 0.1) is 23.7 Å². The van der Waals surface area contributed by atoms with Crippen LogP contribution in [0.15, 0.2) is 52.2 Å². The van der Waals surface area contributed by atoms with Crippen LogP contribution in [0.2, 0.25) is 0 Å². The zero-order chi connectivity index (χ0) is 16.2. The molecular formula is C19H19N3O. The molecule has 4 heteroatoms. The van der Waals surface area contributed by atoms with Crippen molar-refractivity contribution in [2.45, 2.75) is 38.6 Å². The van der Waals surface area contributed by atoms with Gasteiger partial charge < -0.3 is 4.42 Å². The van der Waals surface area contributed by atoms with Crippen molar-refractivity contribution in [2.75, 3.05) is 0 Å². The minimum absolute atomic E-state index is 0.0553. The van der Waals surface area contributed by atoms with E-state index in [2.05, 4.69) is 55.9 Å². The molecule has 4 rings (SSSR count). The first-order valence-electron chi connectivity index (χ1n) is 7.80. The topological polar surface area (TPSA) is 51.3 Å².